The molecule has 0 atom stereocenters. The van der Waals surface area contributed by atoms with E-state index in [0.717, 1.165) is 18.4 Å². The van der Waals surface area contributed by atoms with Gasteiger partial charge in [0.2, 0.25) is 5.91 Å². The number of hydrogen-bond donors (Lipinski definition) is 2. The summed E-state index contributed by atoms with van der Waals surface area (Å²) in [5.41, 5.74) is 5.20. The molecule has 0 aliphatic heterocycles. The lowest BCUT2D eigenvalue weighted by atomic mass is 10.1. The average molecular weight is 372 g/mol. The lowest BCUT2D eigenvalue weighted by molar-refractivity contribution is -0.121. The molecule has 0 radical (unpaired) electrons. The van der Waals surface area contributed by atoms with E-state index in [9.17, 15) is 9.59 Å². The van der Waals surface area contributed by atoms with Crippen molar-refractivity contribution in [2.75, 3.05) is 5.32 Å². The van der Waals surface area contributed by atoms with Crippen LogP contribution in [0.25, 0.3) is 0 Å². The number of anilines is 1. The second-order valence-electron chi connectivity index (χ2n) is 5.88. The zero-order valence-corrected chi connectivity index (χ0v) is 15.6. The maximum absolute atomic E-state index is 12.3. The molecule has 0 bridgehead atoms. The van der Waals surface area contributed by atoms with Gasteiger partial charge in [0.15, 0.2) is 0 Å². The third-order valence-corrected chi connectivity index (χ3v) is 4.00. The Morgan fingerprint density at radius 2 is 1.81 bits per heavy atom. The number of amides is 2. The van der Waals surface area contributed by atoms with Crippen LogP contribution >= 0.6 is 11.6 Å². The van der Waals surface area contributed by atoms with Gasteiger partial charge in [-0.05, 0) is 55.3 Å². The van der Waals surface area contributed by atoms with Crippen molar-refractivity contribution in [2.24, 2.45) is 5.10 Å². The fourth-order valence-corrected chi connectivity index (χ4v) is 2.36. The Morgan fingerprint density at radius 3 is 2.50 bits per heavy atom. The molecule has 0 saturated heterocycles. The summed E-state index contributed by atoms with van der Waals surface area (Å²) in [5.74, 6) is -0.320. The molecule has 0 fully saturated rings. The molecule has 0 heterocycles. The summed E-state index contributed by atoms with van der Waals surface area (Å²) in [6.07, 6.45) is 2.27. The quantitative estimate of drug-likeness (QED) is 0.550. The number of hydrazone groups is 1. The Bertz CT molecular complexity index is 801. The molecule has 26 heavy (non-hydrogen) atoms. The first kappa shape index (κ1) is 19.7. The summed E-state index contributed by atoms with van der Waals surface area (Å²) in [6, 6.07) is 14.0. The highest BCUT2D eigenvalue weighted by Crippen LogP contribution is 2.15. The molecular weight excluding hydrogens is 350 g/mol. The van der Waals surface area contributed by atoms with Gasteiger partial charge >= 0.3 is 0 Å². The zero-order valence-electron chi connectivity index (χ0n) is 14.9. The molecule has 5 nitrogen and oxygen atoms in total. The van der Waals surface area contributed by atoms with Crippen LogP contribution in [0, 0.1) is 0 Å². The Morgan fingerprint density at radius 1 is 1.08 bits per heavy atom. The maximum atomic E-state index is 12.3. The molecule has 2 aromatic carbocycles. The van der Waals surface area contributed by atoms with Crippen molar-refractivity contribution in [1.82, 2.24) is 5.43 Å². The number of nitrogens with zero attached hydrogens (tertiary/aromatic N) is 1. The number of unbranched alkanes of at least 4 members (excludes halogenated alkanes) is 1. The van der Waals surface area contributed by atoms with E-state index in [1.54, 1.807) is 37.3 Å². The molecule has 0 saturated carbocycles. The second kappa shape index (κ2) is 9.73. The van der Waals surface area contributed by atoms with Crippen LogP contribution in [0.5, 0.6) is 0 Å². The van der Waals surface area contributed by atoms with Crippen LogP contribution in [-0.2, 0) is 4.79 Å². The minimum atomic E-state index is -0.221. The minimum absolute atomic E-state index is 0.0987. The van der Waals surface area contributed by atoms with Crippen molar-refractivity contribution in [2.45, 2.75) is 33.1 Å². The van der Waals surface area contributed by atoms with Gasteiger partial charge in [-0.3, -0.25) is 9.59 Å². The first-order valence-electron chi connectivity index (χ1n) is 8.50. The zero-order chi connectivity index (χ0) is 18.9. The van der Waals surface area contributed by atoms with Crippen LogP contribution in [0.2, 0.25) is 5.02 Å². The predicted octanol–water partition coefficient (Wildman–Crippen LogP) is 4.62. The number of hydrogen-bond acceptors (Lipinski definition) is 3. The fourth-order valence-electron chi connectivity index (χ4n) is 2.23. The molecule has 6 heteroatoms. The van der Waals surface area contributed by atoms with Crippen molar-refractivity contribution >= 4 is 34.8 Å². The number of carbonyl (C=O) groups is 2. The van der Waals surface area contributed by atoms with Gasteiger partial charge in [-0.2, -0.15) is 5.10 Å². The Hall–Kier alpha value is -2.66. The summed E-state index contributed by atoms with van der Waals surface area (Å²) in [4.78, 5) is 23.9. The molecular formula is C20H22ClN3O2. The van der Waals surface area contributed by atoms with Crippen LogP contribution in [0.1, 0.15) is 49.0 Å². The minimum Gasteiger partial charge on any atom is -0.322 e. The van der Waals surface area contributed by atoms with Crippen LogP contribution in [0.3, 0.4) is 0 Å². The van der Waals surface area contributed by atoms with E-state index in [1.165, 1.54) is 0 Å². The normalized spacial score (nSPS) is 11.1. The smallest absolute Gasteiger partial charge is 0.255 e. The molecule has 0 spiro atoms. The van der Waals surface area contributed by atoms with E-state index in [2.05, 4.69) is 15.8 Å². The van der Waals surface area contributed by atoms with E-state index < -0.39 is 0 Å². The molecule has 0 aliphatic rings. The van der Waals surface area contributed by atoms with Crippen molar-refractivity contribution in [1.29, 1.82) is 0 Å². The predicted molar refractivity (Wildman–Crippen MR) is 106 cm³/mol. The molecule has 0 aromatic heterocycles. The molecule has 2 amide bonds. The number of halogens is 1. The molecule has 0 unspecified atom stereocenters. The van der Waals surface area contributed by atoms with E-state index in [-0.39, 0.29) is 11.8 Å². The highest BCUT2D eigenvalue weighted by Gasteiger charge is 2.07. The van der Waals surface area contributed by atoms with Gasteiger partial charge in [0.25, 0.3) is 5.91 Å². The van der Waals surface area contributed by atoms with Crippen LogP contribution in [0.15, 0.2) is 53.6 Å². The number of carbonyl (C=O) groups excluding carboxylic acids is 2. The monoisotopic (exact) mass is 371 g/mol. The van der Waals surface area contributed by atoms with E-state index in [1.807, 2.05) is 25.1 Å². The molecule has 2 rings (SSSR count). The van der Waals surface area contributed by atoms with Crippen LogP contribution in [-0.4, -0.2) is 17.5 Å². The third-order valence-electron chi connectivity index (χ3n) is 3.75. The van der Waals surface area contributed by atoms with Gasteiger partial charge in [-0.25, -0.2) is 5.43 Å². The lowest BCUT2D eigenvalue weighted by Gasteiger charge is -2.08. The van der Waals surface area contributed by atoms with Gasteiger partial charge in [0.05, 0.1) is 5.71 Å². The first-order chi connectivity index (χ1) is 12.5. The SMILES string of the molecule is CCCCC(=O)N/N=C(/C)c1cccc(NC(=O)c2ccc(Cl)cc2)c1. The largest absolute Gasteiger partial charge is 0.322 e. The Kier molecular flexibility index (Phi) is 7.36. The fraction of sp³-hybridized carbons (Fsp3) is 0.250. The molecule has 2 aromatic rings. The topological polar surface area (TPSA) is 70.6 Å². The Labute approximate surface area is 158 Å². The van der Waals surface area contributed by atoms with Crippen LogP contribution < -0.4 is 10.7 Å². The third kappa shape index (κ3) is 6.01. The second-order valence-corrected chi connectivity index (χ2v) is 6.31. The maximum Gasteiger partial charge on any atom is 0.255 e. The van der Waals surface area contributed by atoms with Gasteiger partial charge in [0, 0.05) is 22.7 Å². The van der Waals surface area contributed by atoms with Gasteiger partial charge in [-0.15, -0.1) is 0 Å². The summed E-state index contributed by atoms with van der Waals surface area (Å²) in [6.45, 7) is 3.84. The summed E-state index contributed by atoms with van der Waals surface area (Å²) < 4.78 is 0. The summed E-state index contributed by atoms with van der Waals surface area (Å²) in [5, 5.41) is 7.55. The highest BCUT2D eigenvalue weighted by molar-refractivity contribution is 6.30. The molecule has 0 aliphatic carbocycles. The van der Waals surface area contributed by atoms with Crippen molar-refractivity contribution in [3.8, 4) is 0 Å². The van der Waals surface area contributed by atoms with Crippen LogP contribution in [0.4, 0.5) is 5.69 Å². The molecule has 2 N–H and O–H groups in total. The van der Waals surface area contributed by atoms with Gasteiger partial charge in [-0.1, -0.05) is 37.1 Å². The first-order valence-corrected chi connectivity index (χ1v) is 8.88. The number of nitrogens with one attached hydrogen (secondary N) is 2. The van der Waals surface area contributed by atoms with Gasteiger partial charge in [0.1, 0.15) is 0 Å². The van der Waals surface area contributed by atoms with Crippen molar-refractivity contribution in [3.63, 3.8) is 0 Å². The summed E-state index contributed by atoms with van der Waals surface area (Å²) >= 11 is 5.84. The van der Waals surface area contributed by atoms with Crippen molar-refractivity contribution < 1.29 is 9.59 Å². The number of rotatable bonds is 7. The standard InChI is InChI=1S/C20H22ClN3O2/c1-3-4-8-19(25)24-23-14(2)16-6-5-7-18(13-16)22-20(26)15-9-11-17(21)12-10-15/h5-7,9-13H,3-4,8H2,1-2H3,(H,22,26)(H,24,25)/b23-14-. The lowest BCUT2D eigenvalue weighted by Crippen LogP contribution is -2.18. The summed E-state index contributed by atoms with van der Waals surface area (Å²) in [7, 11) is 0. The van der Waals surface area contributed by atoms with E-state index in [4.69, 9.17) is 11.6 Å². The highest BCUT2D eigenvalue weighted by atomic mass is 35.5. The van der Waals surface area contributed by atoms with Crippen molar-refractivity contribution in [3.05, 3.63) is 64.7 Å². The number of benzene rings is 2. The van der Waals surface area contributed by atoms with E-state index >= 15 is 0 Å². The van der Waals surface area contributed by atoms with Gasteiger partial charge < -0.3 is 5.32 Å². The van der Waals surface area contributed by atoms with E-state index in [0.29, 0.717) is 28.4 Å². The Balaban J connectivity index is 2.03. The average Bonchev–Trinajstić information content (AvgIpc) is 2.65. The molecule has 136 valence electrons.